The zero-order valence-electron chi connectivity index (χ0n) is 20.9. The number of benzene rings is 2. The van der Waals surface area contributed by atoms with Crippen LogP contribution in [-0.2, 0) is 19.6 Å². The molecule has 0 atom stereocenters. The minimum atomic E-state index is -4.29. The van der Waals surface area contributed by atoms with Crippen molar-refractivity contribution < 1.29 is 23.1 Å². The maximum atomic E-state index is 13.4. The number of aromatic nitrogens is 3. The number of ether oxygens (including phenoxy) is 1. The van der Waals surface area contributed by atoms with Gasteiger partial charge in [0.05, 0.1) is 16.1 Å². The van der Waals surface area contributed by atoms with Gasteiger partial charge in [0.15, 0.2) is 11.6 Å². The van der Waals surface area contributed by atoms with Gasteiger partial charge in [0, 0.05) is 47.9 Å². The van der Waals surface area contributed by atoms with Crippen LogP contribution in [0.1, 0.15) is 12.8 Å². The number of halogens is 2. The van der Waals surface area contributed by atoms with E-state index in [1.165, 1.54) is 18.2 Å². The number of aliphatic carboxylic acids is 1. The summed E-state index contributed by atoms with van der Waals surface area (Å²) in [5.74, 6) is 0.0379. The van der Waals surface area contributed by atoms with E-state index in [1.807, 2.05) is 23.7 Å². The van der Waals surface area contributed by atoms with Crippen molar-refractivity contribution in [1.29, 1.82) is 0 Å². The Morgan fingerprint density at radius 1 is 1.05 bits per heavy atom. The van der Waals surface area contributed by atoms with Gasteiger partial charge in [-0.15, -0.1) is 10.2 Å². The van der Waals surface area contributed by atoms with E-state index in [4.69, 9.17) is 27.9 Å². The van der Waals surface area contributed by atoms with Gasteiger partial charge in [-0.3, -0.25) is 13.7 Å². The molecule has 0 radical (unpaired) electrons. The van der Waals surface area contributed by atoms with Gasteiger partial charge in [0.25, 0.3) is 10.0 Å². The highest BCUT2D eigenvalue weighted by Gasteiger charge is 2.28. The fraction of sp³-hybridized carbons (Fsp3) is 0.269. The Bertz CT molecular complexity index is 1600. The van der Waals surface area contributed by atoms with E-state index >= 15 is 0 Å². The largest absolute Gasteiger partial charge is 0.480 e. The van der Waals surface area contributed by atoms with Crippen molar-refractivity contribution in [3.8, 4) is 5.82 Å². The maximum Gasteiger partial charge on any atom is 0.324 e. The van der Waals surface area contributed by atoms with E-state index in [1.54, 1.807) is 30.5 Å². The van der Waals surface area contributed by atoms with Crippen LogP contribution in [0, 0.1) is 0 Å². The summed E-state index contributed by atoms with van der Waals surface area (Å²) >= 11 is 12.0. The van der Waals surface area contributed by atoms with Crippen molar-refractivity contribution in [2.75, 3.05) is 36.0 Å². The van der Waals surface area contributed by atoms with Crippen LogP contribution in [0.3, 0.4) is 0 Å². The molecule has 0 saturated carbocycles. The molecule has 2 aromatic heterocycles. The summed E-state index contributed by atoms with van der Waals surface area (Å²) in [5.41, 5.74) is 0.926. The monoisotopic (exact) mass is 589 g/mol. The first kappa shape index (κ1) is 27.2. The molecule has 4 aromatic rings. The Hall–Kier alpha value is -3.38. The van der Waals surface area contributed by atoms with Gasteiger partial charge in [-0.05, 0) is 67.4 Å². The molecule has 1 fully saturated rings. The molecule has 5 rings (SSSR count). The third-order valence-electron chi connectivity index (χ3n) is 6.65. The van der Waals surface area contributed by atoms with Crippen molar-refractivity contribution in [1.82, 2.24) is 14.8 Å². The van der Waals surface area contributed by atoms with Crippen LogP contribution in [0.2, 0.25) is 10.0 Å². The first-order chi connectivity index (χ1) is 18.6. The lowest BCUT2D eigenvalue weighted by Crippen LogP contribution is -2.37. The van der Waals surface area contributed by atoms with Crippen LogP contribution in [0.5, 0.6) is 0 Å². The quantitative estimate of drug-likeness (QED) is 0.316. The van der Waals surface area contributed by atoms with E-state index in [2.05, 4.69) is 15.1 Å². The van der Waals surface area contributed by atoms with Gasteiger partial charge in [-0.25, -0.2) is 8.42 Å². The number of hydrogen-bond acceptors (Lipinski definition) is 7. The van der Waals surface area contributed by atoms with Gasteiger partial charge >= 0.3 is 5.97 Å². The third-order valence-corrected chi connectivity index (χ3v) is 8.84. The van der Waals surface area contributed by atoms with E-state index < -0.39 is 22.5 Å². The molecule has 10 nitrogen and oxygen atoms in total. The van der Waals surface area contributed by atoms with E-state index in [0.29, 0.717) is 17.2 Å². The van der Waals surface area contributed by atoms with Crippen molar-refractivity contribution in [2.45, 2.75) is 23.8 Å². The minimum Gasteiger partial charge on any atom is -0.480 e. The number of sulfonamides is 1. The zero-order chi connectivity index (χ0) is 27.7. The predicted molar refractivity (Wildman–Crippen MR) is 150 cm³/mol. The van der Waals surface area contributed by atoms with Crippen LogP contribution < -0.4 is 9.21 Å². The van der Waals surface area contributed by atoms with E-state index in [0.717, 1.165) is 41.7 Å². The van der Waals surface area contributed by atoms with Crippen molar-refractivity contribution in [2.24, 2.45) is 0 Å². The van der Waals surface area contributed by atoms with Crippen LogP contribution in [0.15, 0.2) is 65.7 Å². The molecule has 0 unspecified atom stereocenters. The lowest BCUT2D eigenvalue weighted by atomic mass is 10.1. The maximum absolute atomic E-state index is 13.4. The number of hydrogen-bond donors (Lipinski definition) is 1. The van der Waals surface area contributed by atoms with Crippen LogP contribution in [0.25, 0.3) is 16.7 Å². The first-order valence-corrected chi connectivity index (χ1v) is 14.3. The normalized spacial score (nSPS) is 14.4. The highest BCUT2D eigenvalue weighted by molar-refractivity contribution is 7.92. The molecule has 0 spiro atoms. The van der Waals surface area contributed by atoms with Gasteiger partial charge in [0.1, 0.15) is 6.54 Å². The highest BCUT2D eigenvalue weighted by atomic mass is 35.5. The fourth-order valence-electron chi connectivity index (χ4n) is 4.62. The standard InChI is InChI=1S/C26H25Cl2N5O5S/c1-31(20-7-10-38-11-8-20)24-4-5-25(30-29-24)32-9-6-17-12-21(2-3-23(17)32)33(16-26(34)35)39(36,37)22-14-18(27)13-19(28)15-22/h2-6,9,12-15,20H,7-8,10-11,16H2,1H3,(H,34,35). The van der Waals surface area contributed by atoms with E-state index in [-0.39, 0.29) is 20.6 Å². The lowest BCUT2D eigenvalue weighted by molar-refractivity contribution is -0.135. The predicted octanol–water partition coefficient (Wildman–Crippen LogP) is 4.62. The number of carbonyl (C=O) groups is 1. The molecular weight excluding hydrogens is 565 g/mol. The molecule has 1 aliphatic rings. The van der Waals surface area contributed by atoms with Crippen LogP contribution in [-0.4, -0.2) is 67.1 Å². The Kier molecular flexibility index (Phi) is 7.68. The number of rotatable bonds is 8. The SMILES string of the molecule is CN(c1ccc(-n2ccc3cc(N(CC(=O)O)S(=O)(=O)c4cc(Cl)cc(Cl)c4)ccc32)nn1)C1CCOCC1. The molecule has 1 N–H and O–H groups in total. The number of fused-ring (bicyclic) bond motifs is 1. The molecule has 0 amide bonds. The summed E-state index contributed by atoms with van der Waals surface area (Å²) in [5, 5.41) is 19.2. The third kappa shape index (κ3) is 5.67. The number of anilines is 2. The molecular formula is C26H25Cl2N5O5S. The number of carboxylic acid groups (broad SMARTS) is 1. The summed E-state index contributed by atoms with van der Waals surface area (Å²) in [6.45, 7) is 0.679. The van der Waals surface area contributed by atoms with Crippen molar-refractivity contribution in [3.05, 3.63) is 70.8 Å². The van der Waals surface area contributed by atoms with Gasteiger partial charge in [0.2, 0.25) is 0 Å². The summed E-state index contributed by atoms with van der Waals surface area (Å²) in [7, 11) is -2.29. The highest BCUT2D eigenvalue weighted by Crippen LogP contribution is 2.31. The van der Waals surface area contributed by atoms with Crippen LogP contribution in [0.4, 0.5) is 11.5 Å². The molecule has 13 heteroatoms. The molecule has 2 aromatic carbocycles. The second-order valence-electron chi connectivity index (χ2n) is 9.14. The molecule has 204 valence electrons. The van der Waals surface area contributed by atoms with Crippen molar-refractivity contribution in [3.63, 3.8) is 0 Å². The topological polar surface area (TPSA) is 118 Å². The zero-order valence-corrected chi connectivity index (χ0v) is 23.2. The molecule has 0 bridgehead atoms. The van der Waals surface area contributed by atoms with Gasteiger partial charge < -0.3 is 14.7 Å². The van der Waals surface area contributed by atoms with E-state index in [9.17, 15) is 18.3 Å². The number of nitrogens with zero attached hydrogens (tertiary/aromatic N) is 5. The average Bonchev–Trinajstić information content (AvgIpc) is 3.34. The van der Waals surface area contributed by atoms with Gasteiger partial charge in [-0.2, -0.15) is 0 Å². The Morgan fingerprint density at radius 2 is 1.77 bits per heavy atom. The minimum absolute atomic E-state index is 0.120. The molecule has 39 heavy (non-hydrogen) atoms. The van der Waals surface area contributed by atoms with Gasteiger partial charge in [-0.1, -0.05) is 23.2 Å². The molecule has 1 saturated heterocycles. The summed E-state index contributed by atoms with van der Waals surface area (Å²) < 4.78 is 35.0. The average molecular weight is 590 g/mol. The Balaban J connectivity index is 1.46. The summed E-state index contributed by atoms with van der Waals surface area (Å²) in [6.07, 6.45) is 3.67. The molecule has 1 aliphatic heterocycles. The lowest BCUT2D eigenvalue weighted by Gasteiger charge is -2.31. The Morgan fingerprint density at radius 3 is 2.41 bits per heavy atom. The smallest absolute Gasteiger partial charge is 0.324 e. The van der Waals surface area contributed by atoms with Crippen molar-refractivity contribution >= 4 is 61.6 Å². The first-order valence-electron chi connectivity index (χ1n) is 12.1. The second kappa shape index (κ2) is 11.0. The second-order valence-corrected chi connectivity index (χ2v) is 11.9. The number of carboxylic acids is 1. The summed E-state index contributed by atoms with van der Waals surface area (Å²) in [4.78, 5) is 13.5. The van der Waals surface area contributed by atoms with Crippen LogP contribution >= 0.6 is 23.2 Å². The Labute approximate surface area is 235 Å². The molecule has 3 heterocycles. The summed E-state index contributed by atoms with van der Waals surface area (Å²) in [6, 6.07) is 14.7. The molecule has 0 aliphatic carbocycles. The fourth-order valence-corrected chi connectivity index (χ4v) is 6.75.